The summed E-state index contributed by atoms with van der Waals surface area (Å²) in [6.45, 7) is 9.06. The molecule has 0 amide bonds. The van der Waals surface area contributed by atoms with Crippen LogP contribution in [0.5, 0.6) is 17.4 Å². The van der Waals surface area contributed by atoms with Crippen molar-refractivity contribution in [2.24, 2.45) is 10.7 Å². The SMILES string of the molecule is CCOc1ccccc1Oc1ccc(CN=C(N)NC(C)(C)C)cn1. The Morgan fingerprint density at radius 2 is 1.88 bits per heavy atom. The van der Waals surface area contributed by atoms with Crippen molar-refractivity contribution in [3.05, 3.63) is 48.2 Å². The minimum atomic E-state index is -0.114. The summed E-state index contributed by atoms with van der Waals surface area (Å²) in [6.07, 6.45) is 1.73. The van der Waals surface area contributed by atoms with Crippen LogP contribution in [-0.2, 0) is 6.54 Å². The number of aromatic nitrogens is 1. The molecule has 3 N–H and O–H groups in total. The number of guanidine groups is 1. The van der Waals surface area contributed by atoms with Gasteiger partial charge in [-0.15, -0.1) is 0 Å². The highest BCUT2D eigenvalue weighted by molar-refractivity contribution is 5.78. The summed E-state index contributed by atoms with van der Waals surface area (Å²) in [6, 6.07) is 11.2. The quantitative estimate of drug-likeness (QED) is 0.620. The molecule has 0 saturated carbocycles. The molecule has 0 radical (unpaired) electrons. The zero-order chi connectivity index (χ0) is 18.3. The van der Waals surface area contributed by atoms with Crippen molar-refractivity contribution in [1.82, 2.24) is 10.3 Å². The molecule has 1 aromatic carbocycles. The third-order valence-corrected chi connectivity index (χ3v) is 3.10. The van der Waals surface area contributed by atoms with E-state index < -0.39 is 0 Å². The van der Waals surface area contributed by atoms with Crippen LogP contribution in [0.1, 0.15) is 33.3 Å². The van der Waals surface area contributed by atoms with Crippen LogP contribution in [0, 0.1) is 0 Å². The summed E-state index contributed by atoms with van der Waals surface area (Å²) in [5.41, 5.74) is 6.70. The van der Waals surface area contributed by atoms with Gasteiger partial charge in [0.25, 0.3) is 0 Å². The zero-order valence-corrected chi connectivity index (χ0v) is 15.2. The van der Waals surface area contributed by atoms with Gasteiger partial charge in [-0.3, -0.25) is 0 Å². The Morgan fingerprint density at radius 1 is 1.16 bits per heavy atom. The van der Waals surface area contributed by atoms with Gasteiger partial charge in [-0.2, -0.15) is 0 Å². The molecule has 1 heterocycles. The number of para-hydroxylation sites is 2. The first-order chi connectivity index (χ1) is 11.9. The second kappa shape index (κ2) is 8.37. The van der Waals surface area contributed by atoms with Crippen LogP contribution in [0.4, 0.5) is 0 Å². The predicted octanol–water partition coefficient (Wildman–Crippen LogP) is 3.48. The maximum Gasteiger partial charge on any atom is 0.219 e. The van der Waals surface area contributed by atoms with Crippen LogP contribution >= 0.6 is 0 Å². The van der Waals surface area contributed by atoms with Crippen LogP contribution in [-0.4, -0.2) is 23.1 Å². The normalized spacial score (nSPS) is 11.9. The first-order valence-electron chi connectivity index (χ1n) is 8.30. The number of nitrogens with two attached hydrogens (primary N) is 1. The van der Waals surface area contributed by atoms with Crippen LogP contribution in [0.3, 0.4) is 0 Å². The Kier molecular flexibility index (Phi) is 6.22. The van der Waals surface area contributed by atoms with Crippen LogP contribution in [0.2, 0.25) is 0 Å². The summed E-state index contributed by atoms with van der Waals surface area (Å²) in [4.78, 5) is 8.63. The third-order valence-electron chi connectivity index (χ3n) is 3.10. The van der Waals surface area contributed by atoms with Crippen molar-refractivity contribution in [2.75, 3.05) is 6.61 Å². The Morgan fingerprint density at radius 3 is 2.48 bits per heavy atom. The molecule has 6 heteroatoms. The van der Waals surface area contributed by atoms with Gasteiger partial charge in [0.05, 0.1) is 13.2 Å². The topological polar surface area (TPSA) is 81.8 Å². The number of rotatable bonds is 6. The van der Waals surface area contributed by atoms with Crippen molar-refractivity contribution in [3.63, 3.8) is 0 Å². The first kappa shape index (κ1) is 18.6. The molecule has 0 unspecified atom stereocenters. The molecule has 0 fully saturated rings. The van der Waals surface area contributed by atoms with E-state index in [1.54, 1.807) is 12.3 Å². The average molecular weight is 342 g/mol. The van der Waals surface area contributed by atoms with Gasteiger partial charge in [0.2, 0.25) is 5.88 Å². The van der Waals surface area contributed by atoms with E-state index in [0.717, 1.165) is 5.56 Å². The fourth-order valence-corrected chi connectivity index (χ4v) is 2.09. The van der Waals surface area contributed by atoms with Gasteiger partial charge in [-0.1, -0.05) is 18.2 Å². The summed E-state index contributed by atoms with van der Waals surface area (Å²) in [5.74, 6) is 2.25. The van der Waals surface area contributed by atoms with E-state index in [1.165, 1.54) is 0 Å². The summed E-state index contributed by atoms with van der Waals surface area (Å²) >= 11 is 0. The molecule has 0 aliphatic carbocycles. The molecular weight excluding hydrogens is 316 g/mol. The fourth-order valence-electron chi connectivity index (χ4n) is 2.09. The molecule has 0 atom stereocenters. The number of aliphatic imine (C=N–C) groups is 1. The molecule has 25 heavy (non-hydrogen) atoms. The van der Waals surface area contributed by atoms with E-state index in [9.17, 15) is 0 Å². The third kappa shape index (κ3) is 6.33. The standard InChI is InChI=1S/C19H26N4O2/c1-5-24-15-8-6-7-9-16(15)25-17-11-10-14(12-21-17)13-22-18(20)23-19(2,3)4/h6-12H,5,13H2,1-4H3,(H3,20,22,23). The Bertz CT molecular complexity index is 706. The van der Waals surface area contributed by atoms with Gasteiger partial charge >= 0.3 is 0 Å². The second-order valence-electron chi connectivity index (χ2n) is 6.56. The molecule has 0 spiro atoms. The van der Waals surface area contributed by atoms with Gasteiger partial charge in [0, 0.05) is 17.8 Å². The lowest BCUT2D eigenvalue weighted by atomic mass is 10.1. The maximum absolute atomic E-state index is 5.86. The molecular formula is C19H26N4O2. The number of benzene rings is 1. The van der Waals surface area contributed by atoms with Gasteiger partial charge in [-0.25, -0.2) is 9.98 Å². The van der Waals surface area contributed by atoms with Gasteiger partial charge in [0.15, 0.2) is 17.5 Å². The van der Waals surface area contributed by atoms with Crippen molar-refractivity contribution in [2.45, 2.75) is 39.8 Å². The molecule has 2 rings (SSSR count). The highest BCUT2D eigenvalue weighted by Crippen LogP contribution is 2.30. The van der Waals surface area contributed by atoms with E-state index in [-0.39, 0.29) is 5.54 Å². The molecule has 2 aromatic rings. The predicted molar refractivity (Wildman–Crippen MR) is 100 cm³/mol. The van der Waals surface area contributed by atoms with E-state index in [1.807, 2.05) is 58.0 Å². The number of hydrogen-bond acceptors (Lipinski definition) is 4. The lowest BCUT2D eigenvalue weighted by molar-refractivity contribution is 0.319. The minimum Gasteiger partial charge on any atom is -0.490 e. The van der Waals surface area contributed by atoms with Crippen molar-refractivity contribution in [1.29, 1.82) is 0 Å². The summed E-state index contributed by atoms with van der Waals surface area (Å²) < 4.78 is 11.3. The fraction of sp³-hybridized carbons (Fsp3) is 0.368. The largest absolute Gasteiger partial charge is 0.490 e. The van der Waals surface area contributed by atoms with E-state index in [0.29, 0.717) is 36.5 Å². The number of hydrogen-bond donors (Lipinski definition) is 2. The molecule has 0 saturated heterocycles. The Hall–Kier alpha value is -2.76. The Labute approximate surface area is 149 Å². The smallest absolute Gasteiger partial charge is 0.219 e. The molecule has 0 bridgehead atoms. The van der Waals surface area contributed by atoms with Crippen molar-refractivity contribution in [3.8, 4) is 17.4 Å². The number of ether oxygens (including phenoxy) is 2. The average Bonchev–Trinajstić information content (AvgIpc) is 2.55. The minimum absolute atomic E-state index is 0.114. The van der Waals surface area contributed by atoms with E-state index >= 15 is 0 Å². The van der Waals surface area contributed by atoms with Crippen LogP contribution < -0.4 is 20.5 Å². The highest BCUT2D eigenvalue weighted by Gasteiger charge is 2.10. The number of pyridine rings is 1. The van der Waals surface area contributed by atoms with E-state index in [2.05, 4.69) is 15.3 Å². The monoisotopic (exact) mass is 342 g/mol. The lowest BCUT2D eigenvalue weighted by Gasteiger charge is -2.20. The second-order valence-corrected chi connectivity index (χ2v) is 6.56. The molecule has 134 valence electrons. The molecule has 1 aromatic heterocycles. The Balaban J connectivity index is 2.00. The van der Waals surface area contributed by atoms with Gasteiger partial charge in [0.1, 0.15) is 0 Å². The van der Waals surface area contributed by atoms with Crippen LogP contribution in [0.15, 0.2) is 47.6 Å². The molecule has 0 aliphatic rings. The summed E-state index contributed by atoms with van der Waals surface area (Å²) in [7, 11) is 0. The first-order valence-corrected chi connectivity index (χ1v) is 8.30. The molecule has 6 nitrogen and oxygen atoms in total. The van der Waals surface area contributed by atoms with Crippen molar-refractivity contribution < 1.29 is 9.47 Å². The summed E-state index contributed by atoms with van der Waals surface area (Å²) in [5, 5.41) is 3.12. The van der Waals surface area contributed by atoms with E-state index in [4.69, 9.17) is 15.2 Å². The zero-order valence-electron chi connectivity index (χ0n) is 15.2. The van der Waals surface area contributed by atoms with Gasteiger partial charge in [-0.05, 0) is 45.4 Å². The van der Waals surface area contributed by atoms with Crippen LogP contribution in [0.25, 0.3) is 0 Å². The number of nitrogens with one attached hydrogen (secondary N) is 1. The maximum atomic E-state index is 5.86. The number of nitrogens with zero attached hydrogens (tertiary/aromatic N) is 2. The van der Waals surface area contributed by atoms with Gasteiger partial charge < -0.3 is 20.5 Å². The van der Waals surface area contributed by atoms with Crippen molar-refractivity contribution >= 4 is 5.96 Å². The highest BCUT2D eigenvalue weighted by atomic mass is 16.5. The lowest BCUT2D eigenvalue weighted by Crippen LogP contribution is -2.44. The molecule has 0 aliphatic heterocycles.